The van der Waals surface area contributed by atoms with Crippen LogP contribution in [0.3, 0.4) is 0 Å². The summed E-state index contributed by atoms with van der Waals surface area (Å²) in [5, 5.41) is 13.0. The molecule has 0 amide bonds. The summed E-state index contributed by atoms with van der Waals surface area (Å²) in [7, 11) is 0. The van der Waals surface area contributed by atoms with Crippen LogP contribution in [0.25, 0.3) is 0 Å². The van der Waals surface area contributed by atoms with Gasteiger partial charge in [-0.1, -0.05) is 19.3 Å². The molecule has 102 valence electrons. The van der Waals surface area contributed by atoms with E-state index in [9.17, 15) is 5.11 Å². The molecule has 0 saturated heterocycles. The average molecular weight is 268 g/mol. The monoisotopic (exact) mass is 268 g/mol. The highest BCUT2D eigenvalue weighted by Crippen LogP contribution is 2.24. The van der Waals surface area contributed by atoms with Crippen LogP contribution in [-0.2, 0) is 6.54 Å². The van der Waals surface area contributed by atoms with Gasteiger partial charge in [0, 0.05) is 24.5 Å². The van der Waals surface area contributed by atoms with Gasteiger partial charge in [0.15, 0.2) is 0 Å². The van der Waals surface area contributed by atoms with Gasteiger partial charge in [0.05, 0.1) is 16.8 Å². The van der Waals surface area contributed by atoms with Gasteiger partial charge in [-0.05, 0) is 26.7 Å². The predicted octanol–water partition coefficient (Wildman–Crippen LogP) is 2.97. The van der Waals surface area contributed by atoms with Gasteiger partial charge in [0.2, 0.25) is 0 Å². The number of aryl methyl sites for hydroxylation is 1. The molecule has 1 aliphatic rings. The Kier molecular flexibility index (Phi) is 5.15. The van der Waals surface area contributed by atoms with Crippen molar-refractivity contribution in [3.05, 3.63) is 16.1 Å². The summed E-state index contributed by atoms with van der Waals surface area (Å²) in [6.07, 6.45) is 6.32. The smallest absolute Gasteiger partial charge is 0.0897 e. The van der Waals surface area contributed by atoms with E-state index in [-0.39, 0.29) is 6.10 Å². The van der Waals surface area contributed by atoms with E-state index in [4.69, 9.17) is 0 Å². The van der Waals surface area contributed by atoms with Gasteiger partial charge < -0.3 is 5.11 Å². The highest BCUT2D eigenvalue weighted by Gasteiger charge is 2.22. The number of nitrogens with zero attached hydrogens (tertiary/aromatic N) is 2. The normalized spacial score (nSPS) is 19.3. The molecule has 4 heteroatoms. The van der Waals surface area contributed by atoms with Crippen LogP contribution >= 0.6 is 11.3 Å². The summed E-state index contributed by atoms with van der Waals surface area (Å²) < 4.78 is 0. The Hall–Kier alpha value is -0.450. The number of aromatic nitrogens is 1. The Balaban J connectivity index is 1.99. The van der Waals surface area contributed by atoms with E-state index >= 15 is 0 Å². The van der Waals surface area contributed by atoms with E-state index in [1.54, 1.807) is 11.3 Å². The quantitative estimate of drug-likeness (QED) is 0.892. The summed E-state index contributed by atoms with van der Waals surface area (Å²) in [6.45, 7) is 5.58. The Morgan fingerprint density at radius 1 is 1.44 bits per heavy atom. The number of hydrogen-bond donors (Lipinski definition) is 1. The minimum atomic E-state index is -0.258. The van der Waals surface area contributed by atoms with Crippen molar-refractivity contribution in [2.75, 3.05) is 6.54 Å². The lowest BCUT2D eigenvalue weighted by molar-refractivity contribution is 0.0761. The van der Waals surface area contributed by atoms with Crippen molar-refractivity contribution in [3.8, 4) is 0 Å². The van der Waals surface area contributed by atoms with Gasteiger partial charge in [-0.3, -0.25) is 4.90 Å². The van der Waals surface area contributed by atoms with Crippen LogP contribution in [0.5, 0.6) is 0 Å². The summed E-state index contributed by atoms with van der Waals surface area (Å²) in [6, 6.07) is 0.635. The second-order valence-electron chi connectivity index (χ2n) is 5.43. The van der Waals surface area contributed by atoms with Crippen molar-refractivity contribution in [2.45, 2.75) is 64.6 Å². The zero-order valence-electron chi connectivity index (χ0n) is 11.4. The minimum Gasteiger partial charge on any atom is -0.392 e. The van der Waals surface area contributed by atoms with Crippen molar-refractivity contribution in [2.24, 2.45) is 0 Å². The maximum Gasteiger partial charge on any atom is 0.0897 e. The van der Waals surface area contributed by atoms with Crippen LogP contribution < -0.4 is 0 Å². The van der Waals surface area contributed by atoms with Crippen LogP contribution in [0.2, 0.25) is 0 Å². The SMILES string of the molecule is Cc1nc(CN(C[C@H](C)O)C2CCCCC2)cs1. The predicted molar refractivity (Wildman–Crippen MR) is 75.8 cm³/mol. The zero-order valence-corrected chi connectivity index (χ0v) is 12.2. The molecule has 0 aliphatic heterocycles. The molecule has 1 saturated carbocycles. The van der Waals surface area contributed by atoms with Crippen molar-refractivity contribution < 1.29 is 5.11 Å². The first kappa shape index (κ1) is 14.0. The molecule has 1 aromatic rings. The molecule has 0 aromatic carbocycles. The maximum atomic E-state index is 9.68. The highest BCUT2D eigenvalue weighted by molar-refractivity contribution is 7.09. The molecular formula is C14H24N2OS. The molecule has 0 bridgehead atoms. The largest absolute Gasteiger partial charge is 0.392 e. The van der Waals surface area contributed by atoms with E-state index in [0.29, 0.717) is 6.04 Å². The summed E-state index contributed by atoms with van der Waals surface area (Å²) in [5.41, 5.74) is 1.16. The molecule has 1 N–H and O–H groups in total. The lowest BCUT2D eigenvalue weighted by Gasteiger charge is -2.34. The number of aliphatic hydroxyl groups excluding tert-OH is 1. The second kappa shape index (κ2) is 6.64. The first-order chi connectivity index (χ1) is 8.65. The van der Waals surface area contributed by atoms with Gasteiger partial charge >= 0.3 is 0 Å². The van der Waals surface area contributed by atoms with Gasteiger partial charge in [-0.15, -0.1) is 11.3 Å². The Labute approximate surface area is 114 Å². The standard InChI is InChI=1S/C14H24N2OS/c1-11(17)8-16(14-6-4-3-5-7-14)9-13-10-18-12(2)15-13/h10-11,14,17H,3-9H2,1-2H3/t11-/m0/s1. The van der Waals surface area contributed by atoms with Gasteiger partial charge in [-0.25, -0.2) is 4.98 Å². The third-order valence-corrected chi connectivity index (χ3v) is 4.44. The number of rotatable bonds is 5. The molecule has 1 aromatic heterocycles. The first-order valence-electron chi connectivity index (χ1n) is 6.98. The molecule has 1 fully saturated rings. The lowest BCUT2D eigenvalue weighted by Crippen LogP contribution is -2.40. The number of aliphatic hydroxyl groups is 1. The Bertz CT molecular complexity index is 358. The molecule has 0 unspecified atom stereocenters. The molecule has 1 aliphatic carbocycles. The lowest BCUT2D eigenvalue weighted by atomic mass is 9.94. The van der Waals surface area contributed by atoms with Crippen molar-refractivity contribution >= 4 is 11.3 Å². The van der Waals surface area contributed by atoms with E-state index in [1.807, 2.05) is 13.8 Å². The highest BCUT2D eigenvalue weighted by atomic mass is 32.1. The molecule has 2 rings (SSSR count). The fourth-order valence-electron chi connectivity index (χ4n) is 2.82. The number of hydrogen-bond acceptors (Lipinski definition) is 4. The van der Waals surface area contributed by atoms with Crippen molar-refractivity contribution in [1.82, 2.24) is 9.88 Å². The Morgan fingerprint density at radius 3 is 2.72 bits per heavy atom. The van der Waals surface area contributed by atoms with Crippen LogP contribution in [0.1, 0.15) is 49.7 Å². The molecule has 0 spiro atoms. The fraction of sp³-hybridized carbons (Fsp3) is 0.786. The maximum absolute atomic E-state index is 9.68. The molecule has 3 nitrogen and oxygen atoms in total. The first-order valence-corrected chi connectivity index (χ1v) is 7.86. The van der Waals surface area contributed by atoms with E-state index < -0.39 is 0 Å². The van der Waals surface area contributed by atoms with Crippen molar-refractivity contribution in [3.63, 3.8) is 0 Å². The van der Waals surface area contributed by atoms with Crippen molar-refractivity contribution in [1.29, 1.82) is 0 Å². The minimum absolute atomic E-state index is 0.258. The van der Waals surface area contributed by atoms with Gasteiger partial charge in [0.25, 0.3) is 0 Å². The van der Waals surface area contributed by atoms with Gasteiger partial charge in [-0.2, -0.15) is 0 Å². The molecule has 1 heterocycles. The zero-order chi connectivity index (χ0) is 13.0. The molecule has 0 radical (unpaired) electrons. The summed E-state index contributed by atoms with van der Waals surface area (Å²) >= 11 is 1.71. The van der Waals surface area contributed by atoms with E-state index in [2.05, 4.69) is 15.3 Å². The Morgan fingerprint density at radius 2 is 2.17 bits per heavy atom. The van der Waals surface area contributed by atoms with Crippen LogP contribution in [-0.4, -0.2) is 33.7 Å². The summed E-state index contributed by atoms with van der Waals surface area (Å²) in [4.78, 5) is 6.98. The number of thiazole rings is 1. The fourth-order valence-corrected chi connectivity index (χ4v) is 3.42. The van der Waals surface area contributed by atoms with Crippen LogP contribution in [0.15, 0.2) is 5.38 Å². The molecule has 18 heavy (non-hydrogen) atoms. The summed E-state index contributed by atoms with van der Waals surface area (Å²) in [5.74, 6) is 0. The van der Waals surface area contributed by atoms with Crippen LogP contribution in [0, 0.1) is 6.92 Å². The third-order valence-electron chi connectivity index (χ3n) is 3.62. The molecule has 1 atom stereocenters. The third kappa shape index (κ3) is 4.04. The van der Waals surface area contributed by atoms with E-state index in [0.717, 1.165) is 23.8 Å². The topological polar surface area (TPSA) is 36.4 Å². The van der Waals surface area contributed by atoms with Crippen LogP contribution in [0.4, 0.5) is 0 Å². The molecular weight excluding hydrogens is 244 g/mol. The average Bonchev–Trinajstić information content (AvgIpc) is 2.75. The van der Waals surface area contributed by atoms with E-state index in [1.165, 1.54) is 32.1 Å². The van der Waals surface area contributed by atoms with Gasteiger partial charge in [0.1, 0.15) is 0 Å². The second-order valence-corrected chi connectivity index (χ2v) is 6.49.